The Bertz CT molecular complexity index is 707. The molecule has 7 heteroatoms. The Balaban J connectivity index is 2.08. The molecule has 7 nitrogen and oxygen atoms in total. The summed E-state index contributed by atoms with van der Waals surface area (Å²) in [6.45, 7) is 8.67. The number of allylic oxidation sites excluding steroid dienone is 1. The first-order valence-electron chi connectivity index (χ1n) is 9.23. The van der Waals surface area contributed by atoms with Crippen LogP contribution in [0.1, 0.15) is 33.6 Å². The quantitative estimate of drug-likeness (QED) is 0.427. The average molecular weight is 378 g/mol. The van der Waals surface area contributed by atoms with Gasteiger partial charge in [-0.2, -0.15) is 0 Å². The van der Waals surface area contributed by atoms with Crippen LogP contribution < -0.4 is 0 Å². The molecule has 1 aliphatic heterocycles. The van der Waals surface area contributed by atoms with E-state index in [1.54, 1.807) is 26.8 Å². The second-order valence-corrected chi connectivity index (χ2v) is 8.05. The summed E-state index contributed by atoms with van der Waals surface area (Å²) in [4.78, 5) is 36.4. The SMILES string of the molecule is C=C1C(=O)OC2C1C(OC(=O)C(C)=CC)C(O)C(C=O)C1CCC(C)(O)C12. The minimum atomic E-state index is -1.32. The predicted octanol–water partition coefficient (Wildman–Crippen LogP) is 0.929. The fourth-order valence-electron chi connectivity index (χ4n) is 4.93. The summed E-state index contributed by atoms with van der Waals surface area (Å²) in [5, 5.41) is 21.9. The van der Waals surface area contributed by atoms with Gasteiger partial charge in [0.1, 0.15) is 24.6 Å². The normalized spacial score (nSPS) is 44.2. The van der Waals surface area contributed by atoms with E-state index in [0.717, 1.165) is 0 Å². The van der Waals surface area contributed by atoms with E-state index in [0.29, 0.717) is 24.7 Å². The van der Waals surface area contributed by atoms with Gasteiger partial charge in [-0.25, -0.2) is 9.59 Å². The van der Waals surface area contributed by atoms with Crippen LogP contribution in [0.25, 0.3) is 0 Å². The van der Waals surface area contributed by atoms with Crippen LogP contribution in [0.5, 0.6) is 0 Å². The van der Waals surface area contributed by atoms with Gasteiger partial charge < -0.3 is 24.5 Å². The molecule has 2 saturated carbocycles. The lowest BCUT2D eigenvalue weighted by molar-refractivity contribution is -0.159. The molecule has 3 rings (SSSR count). The van der Waals surface area contributed by atoms with Crippen molar-refractivity contribution in [3.8, 4) is 0 Å². The molecule has 8 unspecified atom stereocenters. The van der Waals surface area contributed by atoms with Crippen molar-refractivity contribution in [2.45, 2.75) is 57.5 Å². The fraction of sp³-hybridized carbons (Fsp3) is 0.650. The number of hydrogen-bond acceptors (Lipinski definition) is 7. The summed E-state index contributed by atoms with van der Waals surface area (Å²) in [5.74, 6) is -3.87. The molecule has 0 amide bonds. The van der Waals surface area contributed by atoms with Gasteiger partial charge in [0.2, 0.25) is 0 Å². The first-order chi connectivity index (χ1) is 12.6. The van der Waals surface area contributed by atoms with Crippen LogP contribution in [0.4, 0.5) is 0 Å². The molecule has 1 heterocycles. The summed E-state index contributed by atoms with van der Waals surface area (Å²) in [6, 6.07) is 0. The van der Waals surface area contributed by atoms with Crippen LogP contribution in [0.2, 0.25) is 0 Å². The lowest BCUT2D eigenvalue weighted by Gasteiger charge is -2.35. The molecule has 2 aliphatic carbocycles. The van der Waals surface area contributed by atoms with E-state index in [2.05, 4.69) is 6.58 Å². The second kappa shape index (κ2) is 6.87. The van der Waals surface area contributed by atoms with Gasteiger partial charge in [0, 0.05) is 23.0 Å². The van der Waals surface area contributed by atoms with Gasteiger partial charge >= 0.3 is 11.9 Å². The molecule has 1 saturated heterocycles. The minimum Gasteiger partial charge on any atom is -0.458 e. The van der Waals surface area contributed by atoms with Gasteiger partial charge in [0.05, 0.1) is 11.5 Å². The zero-order valence-electron chi connectivity index (χ0n) is 15.8. The maximum Gasteiger partial charge on any atom is 0.334 e. The summed E-state index contributed by atoms with van der Waals surface area (Å²) >= 11 is 0. The largest absolute Gasteiger partial charge is 0.458 e. The lowest BCUT2D eigenvalue weighted by Crippen LogP contribution is -2.45. The molecule has 0 spiro atoms. The number of carbonyl (C=O) groups is 3. The van der Waals surface area contributed by atoms with E-state index >= 15 is 0 Å². The number of ether oxygens (including phenoxy) is 2. The number of aldehydes is 1. The van der Waals surface area contributed by atoms with E-state index in [1.807, 2.05) is 0 Å². The Hall–Kier alpha value is -1.99. The standard InChI is InChI=1S/C20H26O7/c1-5-9(2)18(23)27-17-13-10(3)19(24)26-16(13)14-11(6-7-20(14,4)25)12(8-21)15(17)22/h5,8,11-17,22,25H,3,6-7H2,1-2,4H3. The number of aliphatic hydroxyl groups excluding tert-OH is 1. The highest BCUT2D eigenvalue weighted by Gasteiger charge is 2.63. The fourth-order valence-corrected chi connectivity index (χ4v) is 4.93. The van der Waals surface area contributed by atoms with Crippen molar-refractivity contribution < 1.29 is 34.1 Å². The molecule has 0 aromatic heterocycles. The molecule has 0 radical (unpaired) electrons. The van der Waals surface area contributed by atoms with Gasteiger partial charge in [0.15, 0.2) is 0 Å². The molecular formula is C20H26O7. The van der Waals surface area contributed by atoms with Gasteiger partial charge in [-0.3, -0.25) is 0 Å². The van der Waals surface area contributed by atoms with Crippen molar-refractivity contribution in [2.75, 3.05) is 0 Å². The Morgan fingerprint density at radius 1 is 1.44 bits per heavy atom. The number of fused-ring (bicyclic) bond motifs is 3. The van der Waals surface area contributed by atoms with Crippen LogP contribution in [-0.4, -0.2) is 52.4 Å². The van der Waals surface area contributed by atoms with Gasteiger partial charge in [-0.15, -0.1) is 0 Å². The van der Waals surface area contributed by atoms with Gasteiger partial charge in [0.25, 0.3) is 0 Å². The Morgan fingerprint density at radius 3 is 2.70 bits per heavy atom. The van der Waals surface area contributed by atoms with E-state index in [4.69, 9.17) is 9.47 Å². The van der Waals surface area contributed by atoms with Crippen LogP contribution in [-0.2, 0) is 23.9 Å². The highest BCUT2D eigenvalue weighted by atomic mass is 16.6. The highest BCUT2D eigenvalue weighted by Crippen LogP contribution is 2.54. The van der Waals surface area contributed by atoms with Crippen LogP contribution in [0, 0.1) is 23.7 Å². The maximum absolute atomic E-state index is 12.4. The van der Waals surface area contributed by atoms with Crippen molar-refractivity contribution in [1.29, 1.82) is 0 Å². The van der Waals surface area contributed by atoms with E-state index in [1.165, 1.54) is 0 Å². The number of carbonyl (C=O) groups excluding carboxylic acids is 3. The monoisotopic (exact) mass is 378 g/mol. The predicted molar refractivity (Wildman–Crippen MR) is 94.2 cm³/mol. The van der Waals surface area contributed by atoms with Crippen molar-refractivity contribution >= 4 is 18.2 Å². The molecule has 3 fully saturated rings. The first-order valence-corrected chi connectivity index (χ1v) is 9.23. The van der Waals surface area contributed by atoms with Crippen LogP contribution >= 0.6 is 0 Å². The Kier molecular flexibility index (Phi) is 5.03. The number of hydrogen-bond donors (Lipinski definition) is 2. The maximum atomic E-state index is 12.4. The lowest BCUT2D eigenvalue weighted by atomic mass is 9.76. The Morgan fingerprint density at radius 2 is 2.11 bits per heavy atom. The summed E-state index contributed by atoms with van der Waals surface area (Å²) in [6.07, 6.45) is -0.138. The van der Waals surface area contributed by atoms with Gasteiger partial charge in [-0.05, 0) is 39.5 Å². The van der Waals surface area contributed by atoms with Crippen molar-refractivity contribution in [1.82, 2.24) is 0 Å². The van der Waals surface area contributed by atoms with Crippen molar-refractivity contribution in [3.63, 3.8) is 0 Å². The summed E-state index contributed by atoms with van der Waals surface area (Å²) in [5.41, 5.74) is -0.742. The van der Waals surface area contributed by atoms with Crippen LogP contribution in [0.15, 0.2) is 23.8 Å². The number of rotatable bonds is 3. The third-order valence-corrected chi connectivity index (χ3v) is 6.51. The molecule has 0 aromatic rings. The zero-order valence-corrected chi connectivity index (χ0v) is 15.8. The summed E-state index contributed by atoms with van der Waals surface area (Å²) < 4.78 is 11.1. The molecule has 2 N–H and O–H groups in total. The Labute approximate surface area is 158 Å². The van der Waals surface area contributed by atoms with E-state index < -0.39 is 53.6 Å². The number of aliphatic hydroxyl groups is 2. The third kappa shape index (κ3) is 3.02. The van der Waals surface area contributed by atoms with Crippen molar-refractivity contribution in [3.05, 3.63) is 23.8 Å². The third-order valence-electron chi connectivity index (χ3n) is 6.51. The topological polar surface area (TPSA) is 110 Å². The zero-order chi connectivity index (χ0) is 20.1. The van der Waals surface area contributed by atoms with E-state index in [-0.39, 0.29) is 11.5 Å². The summed E-state index contributed by atoms with van der Waals surface area (Å²) in [7, 11) is 0. The molecule has 148 valence electrons. The number of esters is 2. The molecule has 3 aliphatic rings. The molecule has 0 bridgehead atoms. The molecule has 8 atom stereocenters. The first kappa shape index (κ1) is 19.8. The molecule has 0 aromatic carbocycles. The smallest absolute Gasteiger partial charge is 0.334 e. The minimum absolute atomic E-state index is 0.0861. The van der Waals surface area contributed by atoms with Crippen LogP contribution in [0.3, 0.4) is 0 Å². The average Bonchev–Trinajstić information content (AvgIpc) is 3.04. The van der Waals surface area contributed by atoms with Gasteiger partial charge in [-0.1, -0.05) is 12.7 Å². The van der Waals surface area contributed by atoms with Crippen molar-refractivity contribution in [2.24, 2.45) is 23.7 Å². The second-order valence-electron chi connectivity index (χ2n) is 8.05. The highest BCUT2D eigenvalue weighted by molar-refractivity contribution is 5.92. The molecule has 27 heavy (non-hydrogen) atoms. The van der Waals surface area contributed by atoms with E-state index in [9.17, 15) is 24.6 Å². The molecular weight excluding hydrogens is 352 g/mol.